The lowest BCUT2D eigenvalue weighted by Gasteiger charge is -2.12. The number of rotatable bonds is 3. The van der Waals surface area contributed by atoms with Crippen LogP contribution in [-0.2, 0) is 0 Å². The van der Waals surface area contributed by atoms with Crippen molar-refractivity contribution in [3.05, 3.63) is 54.9 Å². The molecule has 9 nitrogen and oxygen atoms in total. The van der Waals surface area contributed by atoms with Crippen LogP contribution < -0.4 is 4.73 Å². The van der Waals surface area contributed by atoms with E-state index in [1.165, 1.54) is 6.07 Å². The van der Waals surface area contributed by atoms with Crippen LogP contribution in [0.1, 0.15) is 16.8 Å². The zero-order chi connectivity index (χ0) is 20.0. The van der Waals surface area contributed by atoms with Crippen LogP contribution in [-0.4, -0.2) is 20.3 Å². The van der Waals surface area contributed by atoms with E-state index in [-0.39, 0.29) is 21.6 Å². The zero-order valence-electron chi connectivity index (χ0n) is 14.5. The van der Waals surface area contributed by atoms with Crippen molar-refractivity contribution in [3.63, 3.8) is 0 Å². The lowest BCUT2D eigenvalue weighted by Crippen LogP contribution is -2.34. The molecule has 3 rings (SSSR count). The van der Waals surface area contributed by atoms with Gasteiger partial charge in [-0.05, 0) is 25.5 Å². The van der Waals surface area contributed by atoms with Crippen LogP contribution >= 0.6 is 15.9 Å². The third kappa shape index (κ3) is 2.97. The number of nitrogens with zero attached hydrogens (tertiary/aromatic N) is 3. The van der Waals surface area contributed by atoms with Gasteiger partial charge >= 0.3 is 5.69 Å². The molecule has 0 spiro atoms. The van der Waals surface area contributed by atoms with Gasteiger partial charge in [0.05, 0.1) is 4.92 Å². The zero-order valence-corrected chi connectivity index (χ0v) is 16.1. The monoisotopic (exact) mass is 435 g/mol. The topological polar surface area (TPSA) is 137 Å². The fraction of sp³-hybridized carbons (Fsp3) is 0.176. The Morgan fingerprint density at radius 2 is 1.85 bits per heavy atom. The Morgan fingerprint density at radius 3 is 2.48 bits per heavy atom. The average Bonchev–Trinajstić information content (AvgIpc) is 3.10. The Bertz CT molecular complexity index is 1060. The number of aromatic hydroxyl groups is 2. The third-order valence-electron chi connectivity index (χ3n) is 4.49. The van der Waals surface area contributed by atoms with Crippen LogP contribution in [0.15, 0.2) is 27.3 Å². The molecule has 27 heavy (non-hydrogen) atoms. The SMILES string of the molecule is Cc1c(C)c(C)[n+]([O-])c(Br)c1-c1cc(-c2cc(O)c(O)c([N+](=O)[O-])c2)no1. The number of pyridine rings is 1. The molecule has 0 aliphatic carbocycles. The lowest BCUT2D eigenvalue weighted by atomic mass is 10.0. The van der Waals surface area contributed by atoms with Gasteiger partial charge in [0.1, 0.15) is 11.3 Å². The third-order valence-corrected chi connectivity index (χ3v) is 5.21. The highest BCUT2D eigenvalue weighted by Crippen LogP contribution is 2.40. The molecule has 0 saturated heterocycles. The highest BCUT2D eigenvalue weighted by molar-refractivity contribution is 9.10. The molecular formula is C17H14BrN3O6. The first-order valence-electron chi connectivity index (χ1n) is 7.70. The Kier molecular flexibility index (Phi) is 4.52. The average molecular weight is 436 g/mol. The smallest absolute Gasteiger partial charge is 0.315 e. The van der Waals surface area contributed by atoms with E-state index in [0.717, 1.165) is 28.0 Å². The Balaban J connectivity index is 2.17. The van der Waals surface area contributed by atoms with E-state index < -0.39 is 22.1 Å². The second-order valence-corrected chi connectivity index (χ2v) is 6.74. The first kappa shape index (κ1) is 18.6. The summed E-state index contributed by atoms with van der Waals surface area (Å²) in [5.41, 5.74) is 2.37. The van der Waals surface area contributed by atoms with Gasteiger partial charge in [0.15, 0.2) is 17.2 Å². The van der Waals surface area contributed by atoms with Gasteiger partial charge in [-0.15, -0.1) is 0 Å². The minimum atomic E-state index is -0.826. The molecule has 0 radical (unpaired) electrons. The maximum atomic E-state index is 12.3. The normalized spacial score (nSPS) is 11.0. The van der Waals surface area contributed by atoms with Crippen LogP contribution in [0.5, 0.6) is 11.5 Å². The predicted molar refractivity (Wildman–Crippen MR) is 98.2 cm³/mol. The molecule has 10 heteroatoms. The van der Waals surface area contributed by atoms with E-state index in [9.17, 15) is 25.5 Å². The first-order chi connectivity index (χ1) is 12.6. The number of nitro benzene ring substituents is 1. The largest absolute Gasteiger partial charge is 0.618 e. The Morgan fingerprint density at radius 1 is 1.19 bits per heavy atom. The van der Waals surface area contributed by atoms with E-state index >= 15 is 0 Å². The van der Waals surface area contributed by atoms with Crippen molar-refractivity contribution in [3.8, 4) is 34.1 Å². The van der Waals surface area contributed by atoms with Crippen molar-refractivity contribution in [2.45, 2.75) is 20.8 Å². The number of hydrogen-bond donors (Lipinski definition) is 2. The van der Waals surface area contributed by atoms with E-state index in [2.05, 4.69) is 21.1 Å². The highest BCUT2D eigenvalue weighted by atomic mass is 79.9. The summed E-state index contributed by atoms with van der Waals surface area (Å²) in [5, 5.41) is 46.5. The standard InChI is InChI=1S/C17H14BrN3O6/c1-7-8(2)15(17(18)20(24)9(7)3)14-6-11(19-27-14)10-4-12(21(25)26)16(23)13(22)5-10/h4-6,22-23H,1-3H3. The summed E-state index contributed by atoms with van der Waals surface area (Å²) in [6, 6.07) is 3.71. The minimum absolute atomic E-state index is 0.180. The van der Waals surface area contributed by atoms with Crippen molar-refractivity contribution < 1.29 is 24.4 Å². The molecule has 2 N–H and O–H groups in total. The van der Waals surface area contributed by atoms with Crippen molar-refractivity contribution in [2.24, 2.45) is 0 Å². The van der Waals surface area contributed by atoms with Crippen LogP contribution in [0.2, 0.25) is 0 Å². The molecule has 140 valence electrons. The van der Waals surface area contributed by atoms with Gasteiger partial charge in [-0.2, -0.15) is 4.73 Å². The number of nitro groups is 1. The molecular weight excluding hydrogens is 422 g/mol. The second kappa shape index (κ2) is 6.54. The summed E-state index contributed by atoms with van der Waals surface area (Å²) in [5.74, 6) is -1.20. The number of benzene rings is 1. The van der Waals surface area contributed by atoms with E-state index in [0.29, 0.717) is 11.3 Å². The molecule has 2 heterocycles. The molecule has 3 aromatic rings. The van der Waals surface area contributed by atoms with Crippen molar-refractivity contribution in [1.29, 1.82) is 0 Å². The molecule has 0 aliphatic rings. The minimum Gasteiger partial charge on any atom is -0.618 e. The van der Waals surface area contributed by atoms with E-state index in [1.807, 2.05) is 13.8 Å². The molecule has 2 aromatic heterocycles. The molecule has 0 bridgehead atoms. The number of phenolic OH excluding ortho intramolecular Hbond substituents is 2. The fourth-order valence-corrected chi connectivity index (χ4v) is 3.48. The molecule has 0 aliphatic heterocycles. The first-order valence-corrected chi connectivity index (χ1v) is 8.49. The number of phenols is 2. The van der Waals surface area contributed by atoms with Crippen molar-refractivity contribution in [2.75, 3.05) is 0 Å². The summed E-state index contributed by atoms with van der Waals surface area (Å²) >= 11 is 3.27. The molecule has 0 amide bonds. The second-order valence-electron chi connectivity index (χ2n) is 5.99. The molecule has 0 saturated carbocycles. The van der Waals surface area contributed by atoms with Crippen LogP contribution in [0, 0.1) is 36.1 Å². The number of halogens is 1. The molecule has 0 atom stereocenters. The van der Waals surface area contributed by atoms with Crippen LogP contribution in [0.4, 0.5) is 5.69 Å². The van der Waals surface area contributed by atoms with Gasteiger partial charge in [0.2, 0.25) is 5.75 Å². The van der Waals surface area contributed by atoms with Gasteiger partial charge in [-0.25, -0.2) is 0 Å². The summed E-state index contributed by atoms with van der Waals surface area (Å²) in [4.78, 5) is 10.2. The van der Waals surface area contributed by atoms with Crippen molar-refractivity contribution in [1.82, 2.24) is 5.16 Å². The summed E-state index contributed by atoms with van der Waals surface area (Å²) in [7, 11) is 0. The lowest BCUT2D eigenvalue weighted by molar-refractivity contribution is -0.623. The predicted octanol–water partition coefficient (Wildman–Crippen LogP) is 3.65. The summed E-state index contributed by atoms with van der Waals surface area (Å²) in [6.45, 7) is 5.35. The van der Waals surface area contributed by atoms with E-state index in [4.69, 9.17) is 4.52 Å². The number of hydrogen-bond acceptors (Lipinski definition) is 7. The Labute approximate surface area is 161 Å². The van der Waals surface area contributed by atoms with Gasteiger partial charge in [0.25, 0.3) is 4.60 Å². The van der Waals surface area contributed by atoms with E-state index in [1.54, 1.807) is 6.92 Å². The number of aromatic nitrogens is 2. The van der Waals surface area contributed by atoms with Gasteiger partial charge in [-0.1, -0.05) is 5.16 Å². The Hall–Kier alpha value is -3.14. The van der Waals surface area contributed by atoms with Gasteiger partial charge < -0.3 is 19.9 Å². The molecule has 0 fully saturated rings. The summed E-state index contributed by atoms with van der Waals surface area (Å²) < 4.78 is 6.33. The van der Waals surface area contributed by atoms with Crippen molar-refractivity contribution >= 4 is 21.6 Å². The quantitative estimate of drug-likeness (QED) is 0.160. The fourth-order valence-electron chi connectivity index (χ4n) is 2.72. The van der Waals surface area contributed by atoms with Gasteiger partial charge in [-0.3, -0.25) is 10.1 Å². The molecule has 0 unspecified atom stereocenters. The van der Waals surface area contributed by atoms with Gasteiger partial charge in [0, 0.05) is 46.1 Å². The maximum absolute atomic E-state index is 12.3. The highest BCUT2D eigenvalue weighted by Gasteiger charge is 2.25. The van der Waals surface area contributed by atoms with Crippen LogP contribution in [0.3, 0.4) is 0 Å². The molecule has 1 aromatic carbocycles. The van der Waals surface area contributed by atoms with Crippen LogP contribution in [0.25, 0.3) is 22.6 Å². The maximum Gasteiger partial charge on any atom is 0.315 e. The summed E-state index contributed by atoms with van der Waals surface area (Å²) in [6.07, 6.45) is 0.